The first kappa shape index (κ1) is 19.7. The monoisotopic (exact) mass is 395 g/mol. The molecule has 0 saturated carbocycles. The van der Waals surface area contributed by atoms with Crippen molar-refractivity contribution < 1.29 is 9.53 Å². The number of aromatic amines is 1. The number of aromatic nitrogens is 2. The van der Waals surface area contributed by atoms with Crippen molar-refractivity contribution in [1.29, 1.82) is 0 Å². The van der Waals surface area contributed by atoms with Gasteiger partial charge in [0, 0.05) is 11.8 Å². The van der Waals surface area contributed by atoms with E-state index in [9.17, 15) is 9.59 Å². The van der Waals surface area contributed by atoms with Crippen LogP contribution in [0.3, 0.4) is 0 Å². The average molecular weight is 395 g/mol. The van der Waals surface area contributed by atoms with E-state index in [4.69, 9.17) is 4.74 Å². The highest BCUT2D eigenvalue weighted by Gasteiger charge is 2.09. The Balaban J connectivity index is 1.59. The molecule has 0 aliphatic heterocycles. The summed E-state index contributed by atoms with van der Waals surface area (Å²) < 4.78 is 5.63. The summed E-state index contributed by atoms with van der Waals surface area (Å²) >= 11 is 1.17. The molecule has 0 atom stereocenters. The number of para-hydroxylation sites is 1. The van der Waals surface area contributed by atoms with Crippen molar-refractivity contribution in [3.8, 4) is 5.75 Å². The van der Waals surface area contributed by atoms with Gasteiger partial charge in [-0.3, -0.25) is 9.59 Å². The zero-order chi connectivity index (χ0) is 19.9. The summed E-state index contributed by atoms with van der Waals surface area (Å²) in [7, 11) is 0. The Bertz CT molecular complexity index is 1020. The largest absolute Gasteiger partial charge is 0.487 e. The molecule has 1 amide bonds. The van der Waals surface area contributed by atoms with Crippen molar-refractivity contribution in [1.82, 2.24) is 9.97 Å². The van der Waals surface area contributed by atoms with Crippen LogP contribution in [0.25, 0.3) is 0 Å². The van der Waals surface area contributed by atoms with Crippen molar-refractivity contribution >= 4 is 23.4 Å². The molecular weight excluding hydrogens is 374 g/mol. The standard InChI is InChI=1S/C21H21N3O3S/c1-14-7-6-10-18(15(14)2)23-20(26)13-28-21-22-16(11-19(25)24-21)12-27-17-8-4-3-5-9-17/h3-11H,12-13H2,1-2H3,(H,23,26)(H,22,24,25). The molecule has 0 spiro atoms. The van der Waals surface area contributed by atoms with Gasteiger partial charge in [0.05, 0.1) is 11.4 Å². The number of hydrogen-bond acceptors (Lipinski definition) is 5. The summed E-state index contributed by atoms with van der Waals surface area (Å²) in [5, 5.41) is 3.28. The third-order valence-electron chi connectivity index (χ3n) is 4.12. The first-order chi connectivity index (χ1) is 13.5. The van der Waals surface area contributed by atoms with E-state index in [0.717, 1.165) is 16.8 Å². The van der Waals surface area contributed by atoms with Gasteiger partial charge in [-0.05, 0) is 43.2 Å². The fraction of sp³-hybridized carbons (Fsp3) is 0.190. The molecule has 0 aliphatic carbocycles. The van der Waals surface area contributed by atoms with Crippen LogP contribution >= 0.6 is 11.8 Å². The summed E-state index contributed by atoms with van der Waals surface area (Å²) in [6, 6.07) is 16.5. The highest BCUT2D eigenvalue weighted by atomic mass is 32.2. The lowest BCUT2D eigenvalue weighted by Gasteiger charge is -2.10. The predicted molar refractivity (Wildman–Crippen MR) is 111 cm³/mol. The normalized spacial score (nSPS) is 10.5. The molecule has 6 nitrogen and oxygen atoms in total. The van der Waals surface area contributed by atoms with E-state index in [1.165, 1.54) is 17.8 Å². The second kappa shape index (κ2) is 9.23. The molecule has 0 saturated heterocycles. The number of ether oxygens (including phenoxy) is 1. The second-order valence-electron chi connectivity index (χ2n) is 6.23. The number of hydrogen-bond donors (Lipinski definition) is 2. The Labute approximate surface area is 167 Å². The number of benzene rings is 2. The van der Waals surface area contributed by atoms with E-state index in [1.807, 2.05) is 62.4 Å². The zero-order valence-corrected chi connectivity index (χ0v) is 16.5. The minimum atomic E-state index is -0.279. The van der Waals surface area contributed by atoms with Gasteiger partial charge in [-0.2, -0.15) is 0 Å². The van der Waals surface area contributed by atoms with Gasteiger partial charge in [-0.15, -0.1) is 0 Å². The second-order valence-corrected chi connectivity index (χ2v) is 7.19. The maximum Gasteiger partial charge on any atom is 0.251 e. The van der Waals surface area contributed by atoms with Crippen LogP contribution in [0.4, 0.5) is 5.69 Å². The van der Waals surface area contributed by atoms with Crippen LogP contribution in [0.5, 0.6) is 5.75 Å². The predicted octanol–water partition coefficient (Wildman–Crippen LogP) is 3.70. The van der Waals surface area contributed by atoms with Gasteiger partial charge < -0.3 is 15.0 Å². The van der Waals surface area contributed by atoms with Crippen LogP contribution in [-0.4, -0.2) is 21.6 Å². The summed E-state index contributed by atoms with van der Waals surface area (Å²) in [5.41, 5.74) is 3.16. The topological polar surface area (TPSA) is 84.1 Å². The molecule has 1 heterocycles. The van der Waals surface area contributed by atoms with Crippen molar-refractivity contribution in [3.05, 3.63) is 81.8 Å². The van der Waals surface area contributed by atoms with Gasteiger partial charge in [-0.25, -0.2) is 4.98 Å². The lowest BCUT2D eigenvalue weighted by atomic mass is 10.1. The van der Waals surface area contributed by atoms with Gasteiger partial charge in [0.1, 0.15) is 12.4 Å². The molecule has 7 heteroatoms. The van der Waals surface area contributed by atoms with Crippen molar-refractivity contribution in [2.45, 2.75) is 25.6 Å². The Hall–Kier alpha value is -3.06. The third kappa shape index (κ3) is 5.47. The number of thioether (sulfide) groups is 1. The quantitative estimate of drug-likeness (QED) is 0.471. The lowest BCUT2D eigenvalue weighted by molar-refractivity contribution is -0.113. The summed E-state index contributed by atoms with van der Waals surface area (Å²) in [6.07, 6.45) is 0. The number of rotatable bonds is 7. The van der Waals surface area contributed by atoms with Crippen LogP contribution in [0.2, 0.25) is 0 Å². The van der Waals surface area contributed by atoms with Gasteiger partial charge in [0.15, 0.2) is 5.16 Å². The number of amides is 1. The van der Waals surface area contributed by atoms with Crippen LogP contribution in [0.15, 0.2) is 64.5 Å². The van der Waals surface area contributed by atoms with E-state index in [-0.39, 0.29) is 23.8 Å². The minimum Gasteiger partial charge on any atom is -0.487 e. The molecule has 0 unspecified atom stereocenters. The van der Waals surface area contributed by atoms with Crippen LogP contribution in [0.1, 0.15) is 16.8 Å². The van der Waals surface area contributed by atoms with Gasteiger partial charge in [0.2, 0.25) is 5.91 Å². The van der Waals surface area contributed by atoms with Crippen LogP contribution in [0, 0.1) is 13.8 Å². The summed E-state index contributed by atoms with van der Waals surface area (Å²) in [6.45, 7) is 4.14. The molecule has 0 bridgehead atoms. The molecule has 0 fully saturated rings. The van der Waals surface area contributed by atoms with Crippen molar-refractivity contribution in [2.75, 3.05) is 11.1 Å². The van der Waals surface area contributed by atoms with Crippen LogP contribution < -0.4 is 15.6 Å². The number of nitrogens with zero attached hydrogens (tertiary/aromatic N) is 1. The van der Waals surface area contributed by atoms with E-state index in [0.29, 0.717) is 16.6 Å². The Morgan fingerprint density at radius 1 is 1.14 bits per heavy atom. The minimum absolute atomic E-state index is 0.138. The maximum absolute atomic E-state index is 12.3. The van der Waals surface area contributed by atoms with Crippen LogP contribution in [-0.2, 0) is 11.4 Å². The van der Waals surface area contributed by atoms with Crippen molar-refractivity contribution in [3.63, 3.8) is 0 Å². The molecule has 3 rings (SSSR count). The Morgan fingerprint density at radius 3 is 2.71 bits per heavy atom. The third-order valence-corrected chi connectivity index (χ3v) is 4.99. The maximum atomic E-state index is 12.3. The number of carbonyl (C=O) groups excluding carboxylic acids is 1. The van der Waals surface area contributed by atoms with E-state index < -0.39 is 0 Å². The Kier molecular flexibility index (Phi) is 6.49. The number of anilines is 1. The molecule has 2 aromatic carbocycles. The molecule has 28 heavy (non-hydrogen) atoms. The number of nitrogens with one attached hydrogen (secondary N) is 2. The zero-order valence-electron chi connectivity index (χ0n) is 15.7. The fourth-order valence-electron chi connectivity index (χ4n) is 2.51. The molecule has 2 N–H and O–H groups in total. The molecule has 0 radical (unpaired) electrons. The van der Waals surface area contributed by atoms with Gasteiger partial charge in [-0.1, -0.05) is 42.1 Å². The molecule has 1 aromatic heterocycles. The van der Waals surface area contributed by atoms with Crippen molar-refractivity contribution in [2.24, 2.45) is 0 Å². The first-order valence-corrected chi connectivity index (χ1v) is 9.77. The SMILES string of the molecule is Cc1cccc(NC(=O)CSc2nc(COc3ccccc3)cc(=O)[nH]2)c1C. The highest BCUT2D eigenvalue weighted by molar-refractivity contribution is 7.99. The fourth-order valence-corrected chi connectivity index (χ4v) is 3.20. The summed E-state index contributed by atoms with van der Waals surface area (Å²) in [5.74, 6) is 0.679. The first-order valence-electron chi connectivity index (χ1n) is 8.78. The highest BCUT2D eigenvalue weighted by Crippen LogP contribution is 2.19. The number of aryl methyl sites for hydroxylation is 1. The number of carbonyl (C=O) groups is 1. The van der Waals surface area contributed by atoms with E-state index >= 15 is 0 Å². The smallest absolute Gasteiger partial charge is 0.251 e. The molecule has 3 aromatic rings. The molecule has 0 aliphatic rings. The van der Waals surface area contributed by atoms with Gasteiger partial charge >= 0.3 is 0 Å². The van der Waals surface area contributed by atoms with E-state index in [1.54, 1.807) is 0 Å². The summed E-state index contributed by atoms with van der Waals surface area (Å²) in [4.78, 5) is 31.1. The number of H-pyrrole nitrogens is 1. The lowest BCUT2D eigenvalue weighted by Crippen LogP contribution is -2.17. The average Bonchev–Trinajstić information content (AvgIpc) is 2.69. The Morgan fingerprint density at radius 2 is 1.93 bits per heavy atom. The molecule has 144 valence electrons. The molecular formula is C21H21N3O3S. The van der Waals surface area contributed by atoms with Gasteiger partial charge in [0.25, 0.3) is 5.56 Å². The van der Waals surface area contributed by atoms with E-state index in [2.05, 4.69) is 15.3 Å².